The first kappa shape index (κ1) is 17.0. The summed E-state index contributed by atoms with van der Waals surface area (Å²) in [6.07, 6.45) is 2.31. The van der Waals surface area contributed by atoms with Crippen LogP contribution >= 0.6 is 0 Å². The van der Waals surface area contributed by atoms with Crippen molar-refractivity contribution in [1.29, 1.82) is 0 Å². The number of rotatable bonds is 4. The molecule has 6 nitrogen and oxygen atoms in total. The third-order valence-corrected chi connectivity index (χ3v) is 4.06. The van der Waals surface area contributed by atoms with Gasteiger partial charge < -0.3 is 20.3 Å². The van der Waals surface area contributed by atoms with Gasteiger partial charge in [-0.2, -0.15) is 0 Å². The van der Waals surface area contributed by atoms with Crippen LogP contribution < -0.4 is 20.3 Å². The number of hydrogen-bond acceptors (Lipinski definition) is 4. The largest absolute Gasteiger partial charge is 0.490 e. The SMILES string of the molecule is CN(C)c1ncccc1CNC(=O)N[C@H]1CCOc2c(F)cccc21. The summed E-state index contributed by atoms with van der Waals surface area (Å²) < 4.78 is 19.2. The van der Waals surface area contributed by atoms with Gasteiger partial charge in [-0.05, 0) is 12.1 Å². The highest BCUT2D eigenvalue weighted by atomic mass is 19.1. The molecule has 0 saturated heterocycles. The van der Waals surface area contributed by atoms with Crippen molar-refractivity contribution in [2.75, 3.05) is 25.6 Å². The van der Waals surface area contributed by atoms with Crippen molar-refractivity contribution < 1.29 is 13.9 Å². The monoisotopic (exact) mass is 344 g/mol. The molecule has 1 atom stereocenters. The Hall–Kier alpha value is -2.83. The third-order valence-electron chi connectivity index (χ3n) is 4.06. The number of pyridine rings is 1. The van der Waals surface area contributed by atoms with E-state index in [1.165, 1.54) is 6.07 Å². The number of fused-ring (bicyclic) bond motifs is 1. The Kier molecular flexibility index (Phi) is 5.02. The molecule has 0 saturated carbocycles. The van der Waals surface area contributed by atoms with E-state index >= 15 is 0 Å². The third kappa shape index (κ3) is 3.81. The number of carbonyl (C=O) groups excluding carboxylic acids is 1. The zero-order chi connectivity index (χ0) is 17.8. The number of anilines is 1. The lowest BCUT2D eigenvalue weighted by molar-refractivity contribution is 0.219. The summed E-state index contributed by atoms with van der Waals surface area (Å²) in [7, 11) is 3.80. The van der Waals surface area contributed by atoms with E-state index < -0.39 is 5.82 Å². The molecule has 0 fully saturated rings. The standard InChI is InChI=1S/C18H21FN4O2/c1-23(2)17-12(5-4-9-20-17)11-21-18(24)22-15-8-10-25-16-13(15)6-3-7-14(16)19/h3-7,9,15H,8,10-11H2,1-2H3,(H2,21,22,24)/t15-/m0/s1. The van der Waals surface area contributed by atoms with Gasteiger partial charge in [0.15, 0.2) is 11.6 Å². The molecule has 2 aromatic rings. The predicted molar refractivity (Wildman–Crippen MR) is 93.2 cm³/mol. The second-order valence-electron chi connectivity index (χ2n) is 6.06. The predicted octanol–water partition coefficient (Wildman–Crippen LogP) is 2.61. The molecule has 1 aromatic heterocycles. The number of nitrogens with one attached hydrogen (secondary N) is 2. The van der Waals surface area contributed by atoms with Gasteiger partial charge in [0.1, 0.15) is 5.82 Å². The average Bonchev–Trinajstić information content (AvgIpc) is 2.61. The maximum absolute atomic E-state index is 13.8. The minimum atomic E-state index is -0.407. The van der Waals surface area contributed by atoms with Crippen LogP contribution in [0.4, 0.5) is 15.0 Å². The quantitative estimate of drug-likeness (QED) is 0.895. The maximum Gasteiger partial charge on any atom is 0.315 e. The summed E-state index contributed by atoms with van der Waals surface area (Å²) in [5, 5.41) is 5.73. The molecular weight excluding hydrogens is 323 g/mol. The van der Waals surface area contributed by atoms with Crippen LogP contribution in [0.25, 0.3) is 0 Å². The van der Waals surface area contributed by atoms with E-state index in [9.17, 15) is 9.18 Å². The zero-order valence-corrected chi connectivity index (χ0v) is 14.3. The number of aromatic nitrogens is 1. The number of amides is 2. The summed E-state index contributed by atoms with van der Waals surface area (Å²) >= 11 is 0. The first-order chi connectivity index (χ1) is 12.1. The second-order valence-corrected chi connectivity index (χ2v) is 6.06. The molecule has 0 aliphatic carbocycles. The van der Waals surface area contributed by atoms with Gasteiger partial charge in [0.2, 0.25) is 0 Å². The molecule has 2 N–H and O–H groups in total. The molecule has 1 aliphatic rings. The van der Waals surface area contributed by atoms with Crippen LogP contribution in [0, 0.1) is 5.82 Å². The van der Waals surface area contributed by atoms with Crippen molar-refractivity contribution in [2.45, 2.75) is 19.0 Å². The number of ether oxygens (including phenoxy) is 1. The maximum atomic E-state index is 13.8. The average molecular weight is 344 g/mol. The van der Waals surface area contributed by atoms with Crippen molar-refractivity contribution in [3.8, 4) is 5.75 Å². The lowest BCUT2D eigenvalue weighted by atomic mass is 10.0. The first-order valence-corrected chi connectivity index (χ1v) is 8.13. The van der Waals surface area contributed by atoms with Gasteiger partial charge in [0.05, 0.1) is 12.6 Å². The van der Waals surface area contributed by atoms with Gasteiger partial charge in [-0.25, -0.2) is 14.2 Å². The van der Waals surface area contributed by atoms with Gasteiger partial charge in [0, 0.05) is 44.4 Å². The van der Waals surface area contributed by atoms with E-state index in [0.29, 0.717) is 25.1 Å². The van der Waals surface area contributed by atoms with E-state index in [2.05, 4.69) is 15.6 Å². The Balaban J connectivity index is 1.64. The molecule has 0 spiro atoms. The highest BCUT2D eigenvalue weighted by Gasteiger charge is 2.25. The molecule has 1 aliphatic heterocycles. The molecule has 3 rings (SSSR count). The van der Waals surface area contributed by atoms with Gasteiger partial charge >= 0.3 is 6.03 Å². The van der Waals surface area contributed by atoms with Crippen LogP contribution in [0.2, 0.25) is 0 Å². The molecular formula is C18H21FN4O2. The number of carbonyl (C=O) groups is 1. The minimum Gasteiger partial charge on any atom is -0.490 e. The number of nitrogens with zero attached hydrogens (tertiary/aromatic N) is 2. The van der Waals surface area contributed by atoms with E-state index in [1.54, 1.807) is 18.3 Å². The summed E-state index contributed by atoms with van der Waals surface area (Å²) in [5.74, 6) is 0.623. The second kappa shape index (κ2) is 7.38. The van der Waals surface area contributed by atoms with E-state index in [0.717, 1.165) is 11.4 Å². The van der Waals surface area contributed by atoms with Crippen molar-refractivity contribution in [1.82, 2.24) is 15.6 Å². The fraction of sp³-hybridized carbons (Fsp3) is 0.333. The highest BCUT2D eigenvalue weighted by Crippen LogP contribution is 2.33. The summed E-state index contributed by atoms with van der Waals surface area (Å²) in [6.45, 7) is 0.721. The lowest BCUT2D eigenvalue weighted by Gasteiger charge is -2.27. The fourth-order valence-electron chi connectivity index (χ4n) is 2.89. The molecule has 132 valence electrons. The van der Waals surface area contributed by atoms with Gasteiger partial charge in [-0.15, -0.1) is 0 Å². The Bertz CT molecular complexity index is 766. The van der Waals surface area contributed by atoms with Crippen LogP contribution in [0.1, 0.15) is 23.6 Å². The first-order valence-electron chi connectivity index (χ1n) is 8.13. The van der Waals surface area contributed by atoms with Crippen LogP contribution in [0.5, 0.6) is 5.75 Å². The summed E-state index contributed by atoms with van der Waals surface area (Å²) in [4.78, 5) is 18.5. The topological polar surface area (TPSA) is 66.5 Å². The van der Waals surface area contributed by atoms with E-state index in [1.807, 2.05) is 31.1 Å². The Morgan fingerprint density at radius 1 is 1.36 bits per heavy atom. The Morgan fingerprint density at radius 2 is 2.20 bits per heavy atom. The van der Waals surface area contributed by atoms with Crippen LogP contribution in [0.15, 0.2) is 36.5 Å². The zero-order valence-electron chi connectivity index (χ0n) is 14.3. The molecule has 25 heavy (non-hydrogen) atoms. The number of hydrogen-bond donors (Lipinski definition) is 2. The fourth-order valence-corrected chi connectivity index (χ4v) is 2.89. The lowest BCUT2D eigenvalue weighted by Crippen LogP contribution is -2.39. The Labute approximate surface area is 146 Å². The number of urea groups is 1. The Morgan fingerprint density at radius 3 is 3.00 bits per heavy atom. The number of para-hydroxylation sites is 1. The van der Waals surface area contributed by atoms with E-state index in [-0.39, 0.29) is 17.8 Å². The molecule has 7 heteroatoms. The minimum absolute atomic E-state index is 0.223. The molecule has 1 aromatic carbocycles. The van der Waals surface area contributed by atoms with Crippen LogP contribution in [-0.2, 0) is 6.54 Å². The van der Waals surface area contributed by atoms with Gasteiger partial charge in [-0.1, -0.05) is 18.2 Å². The van der Waals surface area contributed by atoms with Crippen molar-refractivity contribution in [2.24, 2.45) is 0 Å². The molecule has 0 unspecified atom stereocenters. The van der Waals surface area contributed by atoms with Crippen molar-refractivity contribution >= 4 is 11.8 Å². The van der Waals surface area contributed by atoms with Crippen molar-refractivity contribution in [3.05, 3.63) is 53.5 Å². The van der Waals surface area contributed by atoms with Crippen molar-refractivity contribution in [3.63, 3.8) is 0 Å². The highest BCUT2D eigenvalue weighted by molar-refractivity contribution is 5.75. The summed E-state index contributed by atoms with van der Waals surface area (Å²) in [6, 6.07) is 7.91. The number of halogens is 1. The number of benzene rings is 1. The van der Waals surface area contributed by atoms with Crippen LogP contribution in [-0.4, -0.2) is 31.7 Å². The summed E-state index contributed by atoms with van der Waals surface area (Å²) in [5.41, 5.74) is 1.58. The molecule has 0 bridgehead atoms. The van der Waals surface area contributed by atoms with Crippen LogP contribution in [0.3, 0.4) is 0 Å². The molecule has 0 radical (unpaired) electrons. The molecule has 2 heterocycles. The smallest absolute Gasteiger partial charge is 0.315 e. The normalized spacial score (nSPS) is 15.7. The van der Waals surface area contributed by atoms with Gasteiger partial charge in [-0.3, -0.25) is 0 Å². The van der Waals surface area contributed by atoms with E-state index in [4.69, 9.17) is 4.74 Å². The molecule has 2 amide bonds. The van der Waals surface area contributed by atoms with Gasteiger partial charge in [0.25, 0.3) is 0 Å².